The van der Waals surface area contributed by atoms with E-state index in [0.717, 1.165) is 0 Å². The van der Waals surface area contributed by atoms with Gasteiger partial charge in [-0.05, 0) is 19.8 Å². The zero-order valence-electron chi connectivity index (χ0n) is 6.12. The average Bonchev–Trinajstić information content (AvgIpc) is 1.99. The Morgan fingerprint density at radius 1 is 1.40 bits per heavy atom. The molecule has 0 spiro atoms. The van der Waals surface area contributed by atoms with Crippen molar-refractivity contribution in [3.63, 3.8) is 0 Å². The zero-order valence-corrected chi connectivity index (χ0v) is 6.12. The Morgan fingerprint density at radius 3 is 2.40 bits per heavy atom. The molecule has 4 heteroatoms. The van der Waals surface area contributed by atoms with Gasteiger partial charge in [0, 0.05) is 6.04 Å². The first-order valence-corrected chi connectivity index (χ1v) is 3.39. The van der Waals surface area contributed by atoms with E-state index in [0.29, 0.717) is 12.8 Å². The Hall–Kier alpha value is -0.160. The SMILES string of the molecule is CC(CCC(O)CO)NO. The summed E-state index contributed by atoms with van der Waals surface area (Å²) in [4.78, 5) is 0. The first-order valence-electron chi connectivity index (χ1n) is 3.39. The zero-order chi connectivity index (χ0) is 7.98. The second kappa shape index (κ2) is 5.61. The van der Waals surface area contributed by atoms with Gasteiger partial charge in [-0.15, -0.1) is 0 Å². The Labute approximate surface area is 60.5 Å². The van der Waals surface area contributed by atoms with Crippen LogP contribution in [-0.4, -0.2) is 34.2 Å². The maximum absolute atomic E-state index is 8.84. The molecule has 4 nitrogen and oxygen atoms in total. The van der Waals surface area contributed by atoms with Crippen molar-refractivity contribution in [2.24, 2.45) is 0 Å². The van der Waals surface area contributed by atoms with Gasteiger partial charge in [0.05, 0.1) is 12.7 Å². The van der Waals surface area contributed by atoms with Gasteiger partial charge in [0.2, 0.25) is 0 Å². The van der Waals surface area contributed by atoms with Crippen molar-refractivity contribution in [1.82, 2.24) is 5.48 Å². The molecule has 4 N–H and O–H groups in total. The molecule has 0 aromatic rings. The quantitative estimate of drug-likeness (QED) is 0.397. The molecular weight excluding hydrogens is 134 g/mol. The molecule has 0 rings (SSSR count). The molecule has 0 aliphatic carbocycles. The summed E-state index contributed by atoms with van der Waals surface area (Å²) in [6.07, 6.45) is 0.500. The van der Waals surface area contributed by atoms with E-state index >= 15 is 0 Å². The van der Waals surface area contributed by atoms with Gasteiger partial charge in [-0.3, -0.25) is 0 Å². The highest BCUT2D eigenvalue weighted by Crippen LogP contribution is 1.99. The summed E-state index contributed by atoms with van der Waals surface area (Å²) >= 11 is 0. The lowest BCUT2D eigenvalue weighted by Crippen LogP contribution is -2.24. The van der Waals surface area contributed by atoms with Gasteiger partial charge >= 0.3 is 0 Å². The number of aliphatic hydroxyl groups is 2. The molecule has 0 aliphatic rings. The molecule has 0 aliphatic heterocycles. The van der Waals surface area contributed by atoms with Crippen molar-refractivity contribution in [3.8, 4) is 0 Å². The molecule has 0 heterocycles. The fourth-order valence-corrected chi connectivity index (χ4v) is 0.598. The molecular formula is C6H15NO3. The second-order valence-corrected chi connectivity index (χ2v) is 2.44. The normalized spacial score (nSPS) is 16.8. The van der Waals surface area contributed by atoms with E-state index in [1.54, 1.807) is 6.92 Å². The van der Waals surface area contributed by atoms with E-state index < -0.39 is 6.10 Å². The minimum atomic E-state index is -0.657. The highest BCUT2D eigenvalue weighted by atomic mass is 16.5. The molecule has 0 aromatic carbocycles. The summed E-state index contributed by atoms with van der Waals surface area (Å²) in [5, 5.41) is 25.6. The van der Waals surface area contributed by atoms with Crippen molar-refractivity contribution in [3.05, 3.63) is 0 Å². The molecule has 62 valence electrons. The summed E-state index contributed by atoms with van der Waals surface area (Å²) < 4.78 is 0. The van der Waals surface area contributed by atoms with Crippen molar-refractivity contribution in [2.45, 2.75) is 31.9 Å². The lowest BCUT2D eigenvalue weighted by Gasteiger charge is -2.10. The van der Waals surface area contributed by atoms with E-state index in [9.17, 15) is 0 Å². The highest BCUT2D eigenvalue weighted by molar-refractivity contribution is 4.59. The molecule has 0 saturated carbocycles. The van der Waals surface area contributed by atoms with Crippen LogP contribution < -0.4 is 5.48 Å². The summed E-state index contributed by atoms with van der Waals surface area (Å²) in [6.45, 7) is 1.59. The Morgan fingerprint density at radius 2 is 2.00 bits per heavy atom. The van der Waals surface area contributed by atoms with Gasteiger partial charge in [-0.2, -0.15) is 0 Å². The average molecular weight is 149 g/mol. The third kappa shape index (κ3) is 4.69. The molecule has 2 atom stereocenters. The van der Waals surface area contributed by atoms with Crippen LogP contribution in [-0.2, 0) is 0 Å². The fraction of sp³-hybridized carbons (Fsp3) is 1.00. The Balaban J connectivity index is 3.17. The summed E-state index contributed by atoms with van der Waals surface area (Å²) in [5.74, 6) is 0. The van der Waals surface area contributed by atoms with Gasteiger partial charge in [0.15, 0.2) is 0 Å². The summed E-state index contributed by atoms with van der Waals surface area (Å²) in [5.41, 5.74) is 2.05. The van der Waals surface area contributed by atoms with E-state index in [4.69, 9.17) is 15.4 Å². The fourth-order valence-electron chi connectivity index (χ4n) is 0.598. The van der Waals surface area contributed by atoms with Gasteiger partial charge in [0.1, 0.15) is 0 Å². The van der Waals surface area contributed by atoms with E-state index in [2.05, 4.69) is 5.48 Å². The van der Waals surface area contributed by atoms with Crippen molar-refractivity contribution < 1.29 is 15.4 Å². The monoisotopic (exact) mass is 149 g/mol. The van der Waals surface area contributed by atoms with Crippen LogP contribution in [0.25, 0.3) is 0 Å². The summed E-state index contributed by atoms with van der Waals surface area (Å²) in [7, 11) is 0. The van der Waals surface area contributed by atoms with E-state index in [1.807, 2.05) is 0 Å². The van der Waals surface area contributed by atoms with Crippen LogP contribution in [0.4, 0.5) is 0 Å². The molecule has 10 heavy (non-hydrogen) atoms. The number of aliphatic hydroxyl groups excluding tert-OH is 2. The maximum Gasteiger partial charge on any atom is 0.0771 e. The van der Waals surface area contributed by atoms with Crippen molar-refractivity contribution in [2.75, 3.05) is 6.61 Å². The molecule has 0 bridgehead atoms. The molecule has 0 fully saturated rings. The standard InChI is InChI=1S/C6H15NO3/c1-5(7-10)2-3-6(9)4-8/h5-10H,2-4H2,1H3. The first kappa shape index (κ1) is 9.84. The minimum Gasteiger partial charge on any atom is -0.394 e. The molecule has 0 amide bonds. The molecule has 0 aromatic heterocycles. The topological polar surface area (TPSA) is 72.7 Å². The maximum atomic E-state index is 8.84. The van der Waals surface area contributed by atoms with E-state index in [1.165, 1.54) is 0 Å². The van der Waals surface area contributed by atoms with Crippen molar-refractivity contribution in [1.29, 1.82) is 0 Å². The van der Waals surface area contributed by atoms with Gasteiger partial charge < -0.3 is 15.4 Å². The largest absolute Gasteiger partial charge is 0.394 e. The number of hydrogen-bond donors (Lipinski definition) is 4. The highest BCUT2D eigenvalue weighted by Gasteiger charge is 2.04. The van der Waals surface area contributed by atoms with E-state index in [-0.39, 0.29) is 12.6 Å². The van der Waals surface area contributed by atoms with Crippen LogP contribution in [0.5, 0.6) is 0 Å². The summed E-state index contributed by atoms with van der Waals surface area (Å²) in [6, 6.07) is -0.0267. The predicted octanol–water partition coefficient (Wildman–Crippen LogP) is -0.513. The van der Waals surface area contributed by atoms with Crippen LogP contribution in [0.3, 0.4) is 0 Å². The number of rotatable bonds is 5. The molecule has 0 radical (unpaired) electrons. The minimum absolute atomic E-state index is 0.0267. The lowest BCUT2D eigenvalue weighted by molar-refractivity contribution is 0.0730. The van der Waals surface area contributed by atoms with Gasteiger partial charge in [-0.25, -0.2) is 5.48 Å². The Kier molecular flexibility index (Phi) is 5.52. The van der Waals surface area contributed by atoms with Gasteiger partial charge in [-0.1, -0.05) is 0 Å². The predicted molar refractivity (Wildman–Crippen MR) is 36.7 cm³/mol. The van der Waals surface area contributed by atoms with Gasteiger partial charge in [0.25, 0.3) is 0 Å². The third-order valence-electron chi connectivity index (χ3n) is 1.36. The third-order valence-corrected chi connectivity index (χ3v) is 1.36. The van der Waals surface area contributed by atoms with Crippen LogP contribution in [0.1, 0.15) is 19.8 Å². The van der Waals surface area contributed by atoms with Crippen LogP contribution in [0, 0.1) is 0 Å². The molecule has 2 unspecified atom stereocenters. The second-order valence-electron chi connectivity index (χ2n) is 2.44. The number of hydroxylamine groups is 1. The van der Waals surface area contributed by atoms with Crippen LogP contribution in [0.2, 0.25) is 0 Å². The van der Waals surface area contributed by atoms with Crippen LogP contribution in [0.15, 0.2) is 0 Å². The number of nitrogens with one attached hydrogen (secondary N) is 1. The van der Waals surface area contributed by atoms with Crippen molar-refractivity contribution >= 4 is 0 Å². The van der Waals surface area contributed by atoms with Crippen LogP contribution >= 0.6 is 0 Å². The molecule has 0 saturated heterocycles. The first-order chi connectivity index (χ1) is 4.70. The number of hydrogen-bond acceptors (Lipinski definition) is 4. The smallest absolute Gasteiger partial charge is 0.0771 e. The lowest BCUT2D eigenvalue weighted by atomic mass is 10.1. The Bertz CT molecular complexity index is 69.4.